The molecule has 1 aliphatic heterocycles. The standard InChI is InChI=1S/C29H33F2N5O2/c1-3-26(22-11-14-25(31)27(19-22)38-2)36(33-29(32)21-9-12-23(30)13-10-21)20-28(37)35-17-15-34(16-18-35)24-7-5-4-6-8-24/h4-14,19,26H,3,15-18,20H2,1-2H3,(H2,32,33). The van der Waals surface area contributed by atoms with E-state index in [4.69, 9.17) is 10.5 Å². The highest BCUT2D eigenvalue weighted by Gasteiger charge is 2.27. The van der Waals surface area contributed by atoms with Gasteiger partial charge in [-0.05, 0) is 60.5 Å². The third kappa shape index (κ3) is 6.40. The molecular formula is C29H33F2N5O2. The van der Waals surface area contributed by atoms with Crippen molar-refractivity contribution in [2.45, 2.75) is 19.4 Å². The number of piperazine rings is 1. The number of ether oxygens (including phenoxy) is 1. The number of hydrazone groups is 1. The van der Waals surface area contributed by atoms with E-state index >= 15 is 0 Å². The number of nitrogens with zero attached hydrogens (tertiary/aromatic N) is 4. The van der Waals surface area contributed by atoms with E-state index in [1.807, 2.05) is 30.0 Å². The van der Waals surface area contributed by atoms with Crippen molar-refractivity contribution in [1.82, 2.24) is 9.91 Å². The van der Waals surface area contributed by atoms with Crippen LogP contribution in [0.4, 0.5) is 14.5 Å². The average Bonchev–Trinajstić information content (AvgIpc) is 2.95. The van der Waals surface area contributed by atoms with Crippen LogP contribution in [0.1, 0.15) is 30.5 Å². The van der Waals surface area contributed by atoms with E-state index in [9.17, 15) is 13.6 Å². The Morgan fingerprint density at radius 1 is 1.03 bits per heavy atom. The van der Waals surface area contributed by atoms with Gasteiger partial charge in [-0.15, -0.1) is 0 Å². The first-order chi connectivity index (χ1) is 18.4. The lowest BCUT2D eigenvalue weighted by molar-refractivity contribution is -0.133. The van der Waals surface area contributed by atoms with Crippen LogP contribution in [-0.4, -0.2) is 61.5 Å². The van der Waals surface area contributed by atoms with Crippen LogP contribution < -0.4 is 15.4 Å². The minimum absolute atomic E-state index is 0.0224. The molecule has 1 amide bonds. The number of carbonyl (C=O) groups excluding carboxylic acids is 1. The van der Waals surface area contributed by atoms with Crippen molar-refractivity contribution < 1.29 is 18.3 Å². The van der Waals surface area contributed by atoms with Gasteiger partial charge in [0.15, 0.2) is 17.4 Å². The first-order valence-electron chi connectivity index (χ1n) is 12.7. The fourth-order valence-corrected chi connectivity index (χ4v) is 4.63. The summed E-state index contributed by atoms with van der Waals surface area (Å²) in [4.78, 5) is 17.5. The van der Waals surface area contributed by atoms with Crippen LogP contribution in [0.25, 0.3) is 0 Å². The summed E-state index contributed by atoms with van der Waals surface area (Å²) in [6.07, 6.45) is 0.573. The van der Waals surface area contributed by atoms with Crippen molar-refractivity contribution in [2.75, 3.05) is 44.7 Å². The van der Waals surface area contributed by atoms with Gasteiger partial charge >= 0.3 is 0 Å². The van der Waals surface area contributed by atoms with Gasteiger partial charge in [-0.3, -0.25) is 9.80 Å². The number of para-hydroxylation sites is 1. The molecule has 3 aromatic carbocycles. The van der Waals surface area contributed by atoms with Gasteiger partial charge in [0.05, 0.1) is 13.2 Å². The van der Waals surface area contributed by atoms with Crippen LogP contribution >= 0.6 is 0 Å². The summed E-state index contributed by atoms with van der Waals surface area (Å²) in [6, 6.07) is 20.1. The number of nitrogens with two attached hydrogens (primary N) is 1. The Kier molecular flexibility index (Phi) is 8.78. The molecule has 0 saturated carbocycles. The van der Waals surface area contributed by atoms with Crippen molar-refractivity contribution in [3.05, 3.63) is 95.6 Å². The van der Waals surface area contributed by atoms with E-state index in [1.165, 1.54) is 25.3 Å². The summed E-state index contributed by atoms with van der Waals surface area (Å²) in [5.74, 6) is -0.674. The van der Waals surface area contributed by atoms with Gasteiger partial charge in [0.1, 0.15) is 12.4 Å². The number of benzene rings is 3. The fraction of sp³-hybridized carbons (Fsp3) is 0.310. The zero-order valence-electron chi connectivity index (χ0n) is 21.7. The zero-order chi connectivity index (χ0) is 27.1. The summed E-state index contributed by atoms with van der Waals surface area (Å²) in [6.45, 7) is 4.55. The largest absolute Gasteiger partial charge is 0.494 e. The molecule has 7 nitrogen and oxygen atoms in total. The Morgan fingerprint density at radius 3 is 2.34 bits per heavy atom. The maximum absolute atomic E-state index is 14.1. The van der Waals surface area contributed by atoms with E-state index in [0.717, 1.165) is 24.3 Å². The molecule has 0 bridgehead atoms. The lowest BCUT2D eigenvalue weighted by atomic mass is 10.0. The molecular weight excluding hydrogens is 488 g/mol. The van der Waals surface area contributed by atoms with Gasteiger partial charge in [-0.25, -0.2) is 8.78 Å². The van der Waals surface area contributed by atoms with E-state index in [1.54, 1.807) is 29.3 Å². The number of carbonyl (C=O) groups is 1. The summed E-state index contributed by atoms with van der Waals surface area (Å²) in [5, 5.41) is 6.25. The van der Waals surface area contributed by atoms with Crippen molar-refractivity contribution >= 4 is 17.4 Å². The van der Waals surface area contributed by atoms with Crippen LogP contribution in [0.5, 0.6) is 5.75 Å². The lowest BCUT2D eigenvalue weighted by Crippen LogP contribution is -2.51. The molecule has 1 unspecified atom stereocenters. The lowest BCUT2D eigenvalue weighted by Gasteiger charge is -2.37. The molecule has 0 aromatic heterocycles. The molecule has 4 rings (SSSR count). The summed E-state index contributed by atoms with van der Waals surface area (Å²) in [7, 11) is 1.41. The van der Waals surface area contributed by atoms with Gasteiger partial charge in [0, 0.05) is 37.4 Å². The minimum atomic E-state index is -0.473. The van der Waals surface area contributed by atoms with Crippen molar-refractivity contribution in [3.63, 3.8) is 0 Å². The average molecular weight is 522 g/mol. The second-order valence-corrected chi connectivity index (χ2v) is 9.11. The number of rotatable bonds is 9. The van der Waals surface area contributed by atoms with Crippen LogP contribution in [0.2, 0.25) is 0 Å². The Bertz CT molecular complexity index is 1250. The molecule has 0 radical (unpaired) electrons. The Morgan fingerprint density at radius 2 is 1.71 bits per heavy atom. The number of anilines is 1. The number of methoxy groups -OCH3 is 1. The quantitative estimate of drug-likeness (QED) is 0.257. The fourth-order valence-electron chi connectivity index (χ4n) is 4.63. The number of hydrogen-bond acceptors (Lipinski definition) is 5. The highest BCUT2D eigenvalue weighted by Crippen LogP contribution is 2.29. The molecule has 1 fully saturated rings. The molecule has 200 valence electrons. The molecule has 1 aliphatic rings. The topological polar surface area (TPSA) is 74.4 Å². The second kappa shape index (κ2) is 12.4. The number of amides is 1. The zero-order valence-corrected chi connectivity index (χ0v) is 21.7. The molecule has 0 aliphatic carbocycles. The third-order valence-electron chi connectivity index (χ3n) is 6.73. The summed E-state index contributed by atoms with van der Waals surface area (Å²) in [5.41, 5.74) is 8.71. The smallest absolute Gasteiger partial charge is 0.244 e. The molecule has 9 heteroatoms. The van der Waals surface area contributed by atoms with Gasteiger partial charge in [0.2, 0.25) is 5.91 Å². The van der Waals surface area contributed by atoms with Crippen LogP contribution in [0, 0.1) is 11.6 Å². The van der Waals surface area contributed by atoms with Gasteiger partial charge in [-0.2, -0.15) is 5.10 Å². The van der Waals surface area contributed by atoms with Crippen molar-refractivity contribution in [3.8, 4) is 5.75 Å². The van der Waals surface area contributed by atoms with Gasteiger partial charge < -0.3 is 20.3 Å². The monoisotopic (exact) mass is 521 g/mol. The van der Waals surface area contributed by atoms with Gasteiger partial charge in [-0.1, -0.05) is 31.2 Å². The van der Waals surface area contributed by atoms with Crippen LogP contribution in [0.3, 0.4) is 0 Å². The molecule has 1 heterocycles. The SMILES string of the molecule is CCC(c1ccc(F)c(OC)c1)N(CC(=O)N1CCN(c2ccccc2)CC1)/N=C(\N)c1ccc(F)cc1. The first kappa shape index (κ1) is 26.9. The molecule has 38 heavy (non-hydrogen) atoms. The third-order valence-corrected chi connectivity index (χ3v) is 6.73. The van der Waals surface area contributed by atoms with E-state index in [2.05, 4.69) is 22.1 Å². The number of halogens is 2. The number of amidine groups is 1. The number of hydrogen-bond donors (Lipinski definition) is 1. The van der Waals surface area contributed by atoms with Crippen molar-refractivity contribution in [2.24, 2.45) is 10.8 Å². The molecule has 2 N–H and O–H groups in total. The van der Waals surface area contributed by atoms with Gasteiger partial charge in [0.25, 0.3) is 0 Å². The van der Waals surface area contributed by atoms with Crippen LogP contribution in [-0.2, 0) is 4.79 Å². The van der Waals surface area contributed by atoms with E-state index in [-0.39, 0.29) is 35.9 Å². The highest BCUT2D eigenvalue weighted by molar-refractivity contribution is 5.97. The van der Waals surface area contributed by atoms with E-state index in [0.29, 0.717) is 25.1 Å². The predicted octanol–water partition coefficient (Wildman–Crippen LogP) is 4.40. The maximum atomic E-state index is 14.1. The molecule has 3 aromatic rings. The minimum Gasteiger partial charge on any atom is -0.494 e. The van der Waals surface area contributed by atoms with Crippen LogP contribution in [0.15, 0.2) is 77.9 Å². The first-order valence-corrected chi connectivity index (χ1v) is 12.7. The molecule has 1 atom stereocenters. The summed E-state index contributed by atoms with van der Waals surface area (Å²) >= 11 is 0. The second-order valence-electron chi connectivity index (χ2n) is 9.11. The van der Waals surface area contributed by atoms with Crippen molar-refractivity contribution in [1.29, 1.82) is 0 Å². The Balaban J connectivity index is 1.56. The maximum Gasteiger partial charge on any atom is 0.244 e. The predicted molar refractivity (Wildman–Crippen MR) is 145 cm³/mol. The summed E-state index contributed by atoms with van der Waals surface area (Å²) < 4.78 is 32.8. The highest BCUT2D eigenvalue weighted by atomic mass is 19.1. The Labute approximate surface area is 222 Å². The molecule has 1 saturated heterocycles. The molecule has 0 spiro atoms. The van der Waals surface area contributed by atoms with E-state index < -0.39 is 5.82 Å². The Hall–Kier alpha value is -4.14. The normalized spacial score (nSPS) is 14.8.